The molecule has 2 saturated heterocycles. The molecule has 1 atom stereocenters. The fourth-order valence-electron chi connectivity index (χ4n) is 2.65. The van der Waals surface area contributed by atoms with Gasteiger partial charge in [0.05, 0.1) is 31.9 Å². The topological polar surface area (TPSA) is 52.4 Å². The molecule has 2 aliphatic rings. The van der Waals surface area contributed by atoms with E-state index in [0.717, 1.165) is 52.5 Å². The molecule has 1 spiro atoms. The molecular formula is C11H18N4O2. The van der Waals surface area contributed by atoms with Gasteiger partial charge in [0.2, 0.25) is 0 Å². The molecule has 94 valence electrons. The van der Waals surface area contributed by atoms with E-state index in [1.165, 1.54) is 0 Å². The van der Waals surface area contributed by atoms with Gasteiger partial charge in [-0.3, -0.25) is 9.58 Å². The third-order valence-corrected chi connectivity index (χ3v) is 3.70. The Labute approximate surface area is 101 Å². The van der Waals surface area contributed by atoms with E-state index in [2.05, 4.69) is 15.0 Å². The van der Waals surface area contributed by atoms with E-state index in [-0.39, 0.29) is 5.54 Å². The van der Waals surface area contributed by atoms with Crippen molar-refractivity contribution >= 4 is 0 Å². The van der Waals surface area contributed by atoms with Gasteiger partial charge in [0.15, 0.2) is 0 Å². The molecule has 0 bridgehead atoms. The van der Waals surface area contributed by atoms with Crippen LogP contribution in [-0.2, 0) is 16.0 Å². The fourth-order valence-corrected chi connectivity index (χ4v) is 2.65. The van der Waals surface area contributed by atoms with Gasteiger partial charge in [0.25, 0.3) is 0 Å². The highest BCUT2D eigenvalue weighted by Crippen LogP contribution is 2.28. The highest BCUT2D eigenvalue weighted by Gasteiger charge is 2.42. The predicted octanol–water partition coefficient (Wildman–Crippen LogP) is -0.231. The second-order valence-electron chi connectivity index (χ2n) is 4.73. The number of ether oxygens (including phenoxy) is 2. The van der Waals surface area contributed by atoms with Crippen LogP contribution in [0.5, 0.6) is 0 Å². The molecule has 6 heteroatoms. The molecule has 1 aromatic heterocycles. The van der Waals surface area contributed by atoms with E-state index in [0.29, 0.717) is 0 Å². The van der Waals surface area contributed by atoms with Crippen LogP contribution in [0.2, 0.25) is 0 Å². The van der Waals surface area contributed by atoms with Gasteiger partial charge in [-0.25, -0.2) is 4.98 Å². The van der Waals surface area contributed by atoms with E-state index < -0.39 is 0 Å². The summed E-state index contributed by atoms with van der Waals surface area (Å²) >= 11 is 0. The van der Waals surface area contributed by atoms with Crippen LogP contribution in [0.4, 0.5) is 0 Å². The number of hydrogen-bond donors (Lipinski definition) is 0. The first-order chi connectivity index (χ1) is 8.39. The summed E-state index contributed by atoms with van der Waals surface area (Å²) in [5.74, 6) is 0. The molecule has 0 amide bonds. The molecule has 0 aromatic carbocycles. The smallest absolute Gasteiger partial charge is 0.137 e. The van der Waals surface area contributed by atoms with Crippen molar-refractivity contribution in [2.45, 2.75) is 18.5 Å². The SMILES string of the molecule is c1ncn(CCN2CCOC[C@@]23CCOC3)n1. The number of morpholine rings is 1. The number of rotatable bonds is 3. The summed E-state index contributed by atoms with van der Waals surface area (Å²) in [5.41, 5.74) is 0.110. The van der Waals surface area contributed by atoms with Gasteiger partial charge in [-0.15, -0.1) is 0 Å². The predicted molar refractivity (Wildman–Crippen MR) is 60.6 cm³/mol. The van der Waals surface area contributed by atoms with Crippen molar-refractivity contribution < 1.29 is 9.47 Å². The maximum Gasteiger partial charge on any atom is 0.137 e. The maximum absolute atomic E-state index is 5.62. The number of aromatic nitrogens is 3. The molecule has 0 radical (unpaired) electrons. The highest BCUT2D eigenvalue weighted by atomic mass is 16.5. The monoisotopic (exact) mass is 238 g/mol. The third kappa shape index (κ3) is 2.20. The third-order valence-electron chi connectivity index (χ3n) is 3.70. The van der Waals surface area contributed by atoms with Crippen LogP contribution < -0.4 is 0 Å². The van der Waals surface area contributed by atoms with Crippen LogP contribution in [0.1, 0.15) is 6.42 Å². The van der Waals surface area contributed by atoms with Crippen molar-refractivity contribution in [1.29, 1.82) is 0 Å². The molecule has 6 nitrogen and oxygen atoms in total. The van der Waals surface area contributed by atoms with Gasteiger partial charge in [0, 0.05) is 19.7 Å². The van der Waals surface area contributed by atoms with Crippen molar-refractivity contribution in [3.05, 3.63) is 12.7 Å². The van der Waals surface area contributed by atoms with Crippen LogP contribution in [-0.4, -0.2) is 64.7 Å². The van der Waals surface area contributed by atoms with E-state index >= 15 is 0 Å². The van der Waals surface area contributed by atoms with Crippen molar-refractivity contribution in [1.82, 2.24) is 19.7 Å². The van der Waals surface area contributed by atoms with Crippen LogP contribution in [0, 0.1) is 0 Å². The lowest BCUT2D eigenvalue weighted by Gasteiger charge is -2.43. The van der Waals surface area contributed by atoms with Crippen LogP contribution in [0.3, 0.4) is 0 Å². The average Bonchev–Trinajstić information content (AvgIpc) is 3.00. The van der Waals surface area contributed by atoms with Crippen LogP contribution >= 0.6 is 0 Å². The Hall–Kier alpha value is -0.980. The summed E-state index contributed by atoms with van der Waals surface area (Å²) in [6, 6.07) is 0. The Kier molecular flexibility index (Phi) is 3.09. The van der Waals surface area contributed by atoms with Gasteiger partial charge < -0.3 is 9.47 Å². The van der Waals surface area contributed by atoms with Gasteiger partial charge >= 0.3 is 0 Å². The molecule has 3 rings (SSSR count). The Morgan fingerprint density at radius 1 is 1.18 bits per heavy atom. The Balaban J connectivity index is 1.63. The zero-order valence-electron chi connectivity index (χ0n) is 9.92. The summed E-state index contributed by atoms with van der Waals surface area (Å²) in [6.07, 6.45) is 4.41. The normalized spacial score (nSPS) is 30.1. The van der Waals surface area contributed by atoms with E-state index in [1.807, 2.05) is 4.68 Å². The molecule has 2 aliphatic heterocycles. The minimum Gasteiger partial charge on any atom is -0.379 e. The molecule has 0 saturated carbocycles. The van der Waals surface area contributed by atoms with Crippen molar-refractivity contribution in [3.8, 4) is 0 Å². The van der Waals surface area contributed by atoms with Crippen LogP contribution in [0.15, 0.2) is 12.7 Å². The standard InChI is InChI=1S/C11H18N4O2/c1-5-16-7-11(1)8-17-6-4-14(11)2-3-15-10-12-9-13-15/h9-10H,1-8H2/t11-/m0/s1. The molecule has 17 heavy (non-hydrogen) atoms. The second-order valence-corrected chi connectivity index (χ2v) is 4.73. The summed E-state index contributed by atoms with van der Waals surface area (Å²) < 4.78 is 13.0. The number of hydrogen-bond acceptors (Lipinski definition) is 5. The quantitative estimate of drug-likeness (QED) is 0.728. The maximum atomic E-state index is 5.62. The number of nitrogens with zero attached hydrogens (tertiary/aromatic N) is 4. The summed E-state index contributed by atoms with van der Waals surface area (Å²) in [6.45, 7) is 6.10. The summed E-state index contributed by atoms with van der Waals surface area (Å²) in [4.78, 5) is 6.45. The zero-order valence-corrected chi connectivity index (χ0v) is 9.92. The lowest BCUT2D eigenvalue weighted by Crippen LogP contribution is -2.58. The first kappa shape index (κ1) is 11.1. The Morgan fingerprint density at radius 3 is 2.82 bits per heavy atom. The molecule has 2 fully saturated rings. The fraction of sp³-hybridized carbons (Fsp3) is 0.818. The van der Waals surface area contributed by atoms with Gasteiger partial charge in [-0.05, 0) is 6.42 Å². The minimum atomic E-state index is 0.110. The van der Waals surface area contributed by atoms with Crippen molar-refractivity contribution in [2.24, 2.45) is 0 Å². The van der Waals surface area contributed by atoms with E-state index in [4.69, 9.17) is 9.47 Å². The van der Waals surface area contributed by atoms with Crippen LogP contribution in [0.25, 0.3) is 0 Å². The first-order valence-electron chi connectivity index (χ1n) is 6.12. The van der Waals surface area contributed by atoms with Gasteiger partial charge in [-0.2, -0.15) is 5.10 Å². The van der Waals surface area contributed by atoms with Crippen molar-refractivity contribution in [3.63, 3.8) is 0 Å². The highest BCUT2D eigenvalue weighted by molar-refractivity contribution is 4.96. The van der Waals surface area contributed by atoms with E-state index in [9.17, 15) is 0 Å². The zero-order chi connectivity index (χ0) is 11.6. The molecule has 3 heterocycles. The summed E-state index contributed by atoms with van der Waals surface area (Å²) in [5, 5.41) is 4.13. The molecule has 0 aliphatic carbocycles. The van der Waals surface area contributed by atoms with E-state index in [1.54, 1.807) is 12.7 Å². The molecule has 0 N–H and O–H groups in total. The largest absolute Gasteiger partial charge is 0.379 e. The lowest BCUT2D eigenvalue weighted by molar-refractivity contribution is -0.0720. The minimum absolute atomic E-state index is 0.110. The summed E-state index contributed by atoms with van der Waals surface area (Å²) in [7, 11) is 0. The second kappa shape index (κ2) is 4.72. The lowest BCUT2D eigenvalue weighted by atomic mass is 9.96. The first-order valence-corrected chi connectivity index (χ1v) is 6.12. The van der Waals surface area contributed by atoms with Gasteiger partial charge in [-0.1, -0.05) is 0 Å². The van der Waals surface area contributed by atoms with Gasteiger partial charge in [0.1, 0.15) is 12.7 Å². The molecule has 1 aromatic rings. The average molecular weight is 238 g/mol. The Morgan fingerprint density at radius 2 is 2.06 bits per heavy atom. The molecule has 0 unspecified atom stereocenters. The van der Waals surface area contributed by atoms with Crippen molar-refractivity contribution in [2.75, 3.05) is 39.5 Å². The molecular weight excluding hydrogens is 220 g/mol. The Bertz CT molecular complexity index is 348.